The molecule has 6 rings (SSSR count). The van der Waals surface area contributed by atoms with Crippen LogP contribution in [0.2, 0.25) is 5.02 Å². The van der Waals surface area contributed by atoms with Crippen molar-refractivity contribution in [2.45, 2.75) is 48.9 Å². The second-order valence-electron chi connectivity index (χ2n) is 11.6. The standard InChI is InChI=1S/C35H28Br3ClN2O5/c1-3-29(32(42)19-7-5-4-6-8-19)46-35(45)24-16-28(40-31-17(2)30(39)27(38)13-21(24)31)18-9-11-20(12-10-18)41-33(43)22-14-25(36)26(37)15-23(22)34(41)44/h4-13,16,22-23,25-26,29H,3,14-15H2,1-2H3. The molecular formula is C35H28Br3ClN2O5. The molecule has 2 fully saturated rings. The third kappa shape index (κ3) is 5.98. The number of ether oxygens (including phenoxy) is 1. The second kappa shape index (κ2) is 13.3. The number of pyridine rings is 1. The number of rotatable bonds is 7. The van der Waals surface area contributed by atoms with E-state index in [1.54, 1.807) is 67.6 Å². The van der Waals surface area contributed by atoms with Crippen molar-refractivity contribution in [2.75, 3.05) is 4.90 Å². The number of hydrogen-bond acceptors (Lipinski definition) is 6. The molecule has 0 bridgehead atoms. The smallest absolute Gasteiger partial charge is 0.339 e. The third-order valence-corrected chi connectivity index (χ3v) is 12.8. The highest BCUT2D eigenvalue weighted by atomic mass is 79.9. The summed E-state index contributed by atoms with van der Waals surface area (Å²) in [6, 6.07) is 19.1. The van der Waals surface area contributed by atoms with Gasteiger partial charge in [-0.1, -0.05) is 92.8 Å². The first-order chi connectivity index (χ1) is 22.0. The van der Waals surface area contributed by atoms with Gasteiger partial charge in [0.2, 0.25) is 17.6 Å². The lowest BCUT2D eigenvalue weighted by atomic mass is 9.81. The fraction of sp³-hybridized carbons (Fsp3) is 0.286. The molecule has 2 amide bonds. The molecule has 46 heavy (non-hydrogen) atoms. The summed E-state index contributed by atoms with van der Waals surface area (Å²) in [4.78, 5) is 60.0. The molecule has 0 spiro atoms. The van der Waals surface area contributed by atoms with Crippen molar-refractivity contribution in [2.24, 2.45) is 11.8 Å². The first kappa shape index (κ1) is 33.0. The number of carbonyl (C=O) groups is 4. The van der Waals surface area contributed by atoms with E-state index in [4.69, 9.17) is 21.3 Å². The Morgan fingerprint density at radius 2 is 1.59 bits per heavy atom. The van der Waals surface area contributed by atoms with E-state index in [0.29, 0.717) is 67.7 Å². The first-order valence-corrected chi connectivity index (χ1v) is 17.9. The zero-order valence-electron chi connectivity index (χ0n) is 24.8. The number of amides is 2. The van der Waals surface area contributed by atoms with Crippen LogP contribution in [0.25, 0.3) is 22.2 Å². The minimum absolute atomic E-state index is 0.120. The Morgan fingerprint density at radius 1 is 0.978 bits per heavy atom. The number of Topliss-reactive ketones (excluding diaryl/α,β-unsaturated/α-hetero) is 1. The van der Waals surface area contributed by atoms with Gasteiger partial charge in [0, 0.05) is 30.6 Å². The Hall–Kier alpha value is -2.92. The number of esters is 1. The van der Waals surface area contributed by atoms with Crippen LogP contribution in [0.5, 0.6) is 0 Å². The van der Waals surface area contributed by atoms with E-state index in [1.165, 1.54) is 4.90 Å². The third-order valence-electron chi connectivity index (χ3n) is 8.75. The monoisotopic (exact) mass is 828 g/mol. The van der Waals surface area contributed by atoms with Crippen LogP contribution < -0.4 is 4.90 Å². The van der Waals surface area contributed by atoms with Gasteiger partial charge in [0.25, 0.3) is 0 Å². The summed E-state index contributed by atoms with van der Waals surface area (Å²) in [5.74, 6) is -2.03. The van der Waals surface area contributed by atoms with Gasteiger partial charge in [0.05, 0.1) is 39.3 Å². The van der Waals surface area contributed by atoms with Crippen LogP contribution >= 0.6 is 59.4 Å². The number of carbonyl (C=O) groups excluding carboxylic acids is 4. The molecule has 7 nitrogen and oxygen atoms in total. The fourth-order valence-corrected chi connectivity index (χ4v) is 8.12. The summed E-state index contributed by atoms with van der Waals surface area (Å²) in [7, 11) is 0. The molecule has 5 unspecified atom stereocenters. The number of hydrogen-bond donors (Lipinski definition) is 0. The highest BCUT2D eigenvalue weighted by Crippen LogP contribution is 2.44. The summed E-state index contributed by atoms with van der Waals surface area (Å²) in [6.45, 7) is 3.61. The Kier molecular flexibility index (Phi) is 9.54. The van der Waals surface area contributed by atoms with E-state index in [0.717, 1.165) is 0 Å². The number of imide groups is 1. The summed E-state index contributed by atoms with van der Waals surface area (Å²) in [6.07, 6.45) is 0.505. The number of aromatic nitrogens is 1. The number of fused-ring (bicyclic) bond motifs is 2. The Labute approximate surface area is 296 Å². The maximum atomic E-state index is 13.8. The highest BCUT2D eigenvalue weighted by molar-refractivity contribution is 9.12. The Balaban J connectivity index is 1.35. The van der Waals surface area contributed by atoms with Gasteiger partial charge in [-0.05, 0) is 71.9 Å². The number of benzene rings is 3. The molecule has 3 aromatic carbocycles. The minimum atomic E-state index is -0.975. The Morgan fingerprint density at radius 3 is 2.17 bits per heavy atom. The highest BCUT2D eigenvalue weighted by Gasteiger charge is 2.52. The van der Waals surface area contributed by atoms with Crippen molar-refractivity contribution in [1.29, 1.82) is 0 Å². The van der Waals surface area contributed by atoms with Crippen molar-refractivity contribution in [3.63, 3.8) is 0 Å². The molecule has 0 N–H and O–H groups in total. The summed E-state index contributed by atoms with van der Waals surface area (Å²) in [5.41, 5.74) is 3.46. The largest absolute Gasteiger partial charge is 0.450 e. The topological polar surface area (TPSA) is 93.6 Å². The van der Waals surface area contributed by atoms with Gasteiger partial charge in [0.15, 0.2) is 6.10 Å². The molecule has 1 saturated heterocycles. The van der Waals surface area contributed by atoms with E-state index in [9.17, 15) is 19.2 Å². The summed E-state index contributed by atoms with van der Waals surface area (Å²) >= 11 is 17.3. The lowest BCUT2D eigenvalue weighted by molar-refractivity contribution is -0.122. The SMILES string of the molecule is CCC(OC(=O)c1cc(-c2ccc(N3C(=O)C4CC(Br)C(Br)CC4C3=O)cc2)nc2c(C)c(Cl)c(Br)cc12)C(=O)c1ccccc1. The molecule has 1 aromatic heterocycles. The second-order valence-corrected chi connectivity index (χ2v) is 15.1. The molecule has 2 heterocycles. The van der Waals surface area contributed by atoms with Crippen LogP contribution in [0.1, 0.15) is 52.5 Å². The molecular weight excluding hydrogens is 804 g/mol. The van der Waals surface area contributed by atoms with E-state index < -0.39 is 12.1 Å². The number of ketones is 1. The fourth-order valence-electron chi connectivity index (χ4n) is 6.21. The number of alkyl halides is 2. The quantitative estimate of drug-likeness (QED) is 0.0800. The van der Waals surface area contributed by atoms with Crippen LogP contribution in [0.3, 0.4) is 0 Å². The predicted octanol–water partition coefficient (Wildman–Crippen LogP) is 8.87. The molecule has 2 aliphatic rings. The van der Waals surface area contributed by atoms with Gasteiger partial charge < -0.3 is 4.74 Å². The molecule has 1 aliphatic heterocycles. The van der Waals surface area contributed by atoms with E-state index >= 15 is 0 Å². The lowest BCUT2D eigenvalue weighted by Crippen LogP contribution is -2.34. The maximum absolute atomic E-state index is 13.8. The molecule has 1 saturated carbocycles. The minimum Gasteiger partial charge on any atom is -0.450 e. The van der Waals surface area contributed by atoms with Crippen molar-refractivity contribution >= 4 is 99.5 Å². The number of aryl methyl sites for hydroxylation is 1. The molecule has 0 radical (unpaired) electrons. The lowest BCUT2D eigenvalue weighted by Gasteiger charge is -2.29. The molecule has 4 aromatic rings. The van der Waals surface area contributed by atoms with Gasteiger partial charge >= 0.3 is 5.97 Å². The van der Waals surface area contributed by atoms with Gasteiger partial charge in [-0.3, -0.25) is 19.3 Å². The van der Waals surface area contributed by atoms with Crippen LogP contribution in [-0.2, 0) is 14.3 Å². The average Bonchev–Trinajstić information content (AvgIpc) is 3.30. The molecule has 5 atom stereocenters. The van der Waals surface area contributed by atoms with Crippen LogP contribution in [0, 0.1) is 18.8 Å². The van der Waals surface area contributed by atoms with Crippen molar-refractivity contribution in [3.8, 4) is 11.3 Å². The van der Waals surface area contributed by atoms with Gasteiger partial charge in [-0.2, -0.15) is 0 Å². The summed E-state index contributed by atoms with van der Waals surface area (Å²) in [5, 5.41) is 0.980. The average molecular weight is 832 g/mol. The van der Waals surface area contributed by atoms with Gasteiger partial charge in [-0.15, -0.1) is 0 Å². The van der Waals surface area contributed by atoms with Gasteiger partial charge in [0.1, 0.15) is 0 Å². The number of halogens is 4. The Bertz CT molecular complexity index is 1860. The molecule has 11 heteroatoms. The normalized spacial score (nSPS) is 21.7. The van der Waals surface area contributed by atoms with Crippen molar-refractivity contribution in [3.05, 3.63) is 92.9 Å². The van der Waals surface area contributed by atoms with Crippen LogP contribution in [0.4, 0.5) is 5.69 Å². The van der Waals surface area contributed by atoms with E-state index in [1.807, 2.05) is 13.0 Å². The predicted molar refractivity (Wildman–Crippen MR) is 189 cm³/mol. The number of nitrogens with zero attached hydrogens (tertiary/aromatic N) is 2. The zero-order chi connectivity index (χ0) is 32.9. The maximum Gasteiger partial charge on any atom is 0.339 e. The van der Waals surface area contributed by atoms with E-state index in [-0.39, 0.29) is 44.7 Å². The van der Waals surface area contributed by atoms with Crippen LogP contribution in [-0.4, -0.2) is 44.3 Å². The van der Waals surface area contributed by atoms with Crippen molar-refractivity contribution < 1.29 is 23.9 Å². The number of anilines is 1. The zero-order valence-corrected chi connectivity index (χ0v) is 30.3. The van der Waals surface area contributed by atoms with Crippen LogP contribution in [0.15, 0.2) is 71.2 Å². The summed E-state index contributed by atoms with van der Waals surface area (Å²) < 4.78 is 6.42. The van der Waals surface area contributed by atoms with Crippen molar-refractivity contribution in [1.82, 2.24) is 4.98 Å². The molecule has 1 aliphatic carbocycles. The first-order valence-electron chi connectivity index (χ1n) is 14.9. The van der Waals surface area contributed by atoms with Gasteiger partial charge in [-0.25, -0.2) is 9.78 Å². The van der Waals surface area contributed by atoms with E-state index in [2.05, 4.69) is 47.8 Å². The molecule has 236 valence electrons.